The van der Waals surface area contributed by atoms with E-state index in [9.17, 15) is 0 Å². The number of rotatable bonds is 3. The molecule has 10 rings (SSSR count). The van der Waals surface area contributed by atoms with Gasteiger partial charge in [-0.3, -0.25) is 0 Å². The molecule has 4 aliphatic rings. The maximum absolute atomic E-state index is 6.66. The molecule has 3 heteroatoms. The largest absolute Gasteiger partial charge is 0.457 e. The van der Waals surface area contributed by atoms with Crippen LogP contribution in [0.2, 0.25) is 0 Å². The monoisotopic (exact) mass is 628 g/mol. The molecule has 0 saturated heterocycles. The molecule has 2 unspecified atom stereocenters. The van der Waals surface area contributed by atoms with Gasteiger partial charge in [-0.25, -0.2) is 9.97 Å². The lowest BCUT2D eigenvalue weighted by Gasteiger charge is -2.43. The van der Waals surface area contributed by atoms with Crippen molar-refractivity contribution in [3.8, 4) is 28.3 Å². The van der Waals surface area contributed by atoms with Crippen LogP contribution in [0.4, 0.5) is 0 Å². The predicted molar refractivity (Wildman–Crippen MR) is 198 cm³/mol. The van der Waals surface area contributed by atoms with Crippen LogP contribution in [0.5, 0.6) is 5.75 Å². The molecule has 0 fully saturated rings. The summed E-state index contributed by atoms with van der Waals surface area (Å²) in [6.45, 7) is 0. The highest BCUT2D eigenvalue weighted by Crippen LogP contribution is 2.63. The molecule has 2 atom stereocenters. The van der Waals surface area contributed by atoms with Crippen LogP contribution in [0.25, 0.3) is 39.0 Å². The Hall–Kier alpha value is -6.06. The van der Waals surface area contributed by atoms with Gasteiger partial charge in [0.25, 0.3) is 0 Å². The highest BCUT2D eigenvalue weighted by Gasteiger charge is 2.53. The second kappa shape index (κ2) is 11.0. The van der Waals surface area contributed by atoms with Gasteiger partial charge in [0.15, 0.2) is 5.82 Å². The van der Waals surface area contributed by atoms with Gasteiger partial charge >= 0.3 is 0 Å². The molecule has 3 nitrogen and oxygen atoms in total. The Labute approximate surface area is 286 Å². The zero-order valence-electron chi connectivity index (χ0n) is 26.9. The minimum absolute atomic E-state index is 0.0658. The number of benzene rings is 5. The van der Waals surface area contributed by atoms with Crippen LogP contribution < -0.4 is 4.74 Å². The van der Waals surface area contributed by atoms with E-state index in [1.54, 1.807) is 0 Å². The lowest BCUT2D eigenvalue weighted by molar-refractivity contribution is 0.391. The Morgan fingerprint density at radius 3 is 2.24 bits per heavy atom. The number of nitrogens with zero attached hydrogens (tertiary/aromatic N) is 2. The first-order valence-electron chi connectivity index (χ1n) is 17.1. The Morgan fingerprint density at radius 2 is 1.35 bits per heavy atom. The number of aromatic nitrogens is 2. The van der Waals surface area contributed by atoms with E-state index in [-0.39, 0.29) is 5.92 Å². The number of para-hydroxylation sites is 2. The fraction of sp³-hybridized carbons (Fsp3) is 0.0870. The third-order valence-corrected chi connectivity index (χ3v) is 10.6. The van der Waals surface area contributed by atoms with Gasteiger partial charge in [0, 0.05) is 22.4 Å². The first-order valence-corrected chi connectivity index (χ1v) is 17.1. The lowest BCUT2D eigenvalue weighted by Crippen LogP contribution is -2.36. The molecular weight excluding hydrogens is 597 g/mol. The van der Waals surface area contributed by atoms with E-state index in [0.29, 0.717) is 0 Å². The molecule has 0 bridgehead atoms. The van der Waals surface area contributed by atoms with Crippen molar-refractivity contribution in [3.05, 3.63) is 203 Å². The van der Waals surface area contributed by atoms with Crippen LogP contribution in [0.15, 0.2) is 181 Å². The molecule has 1 aliphatic heterocycles. The van der Waals surface area contributed by atoms with Crippen LogP contribution in [0.1, 0.15) is 41.1 Å². The highest BCUT2D eigenvalue weighted by atomic mass is 16.5. The second-order valence-corrected chi connectivity index (χ2v) is 13.2. The molecule has 49 heavy (non-hydrogen) atoms. The summed E-state index contributed by atoms with van der Waals surface area (Å²) in [4.78, 5) is 10.5. The van der Waals surface area contributed by atoms with Crippen LogP contribution in [-0.2, 0) is 5.41 Å². The van der Waals surface area contributed by atoms with Gasteiger partial charge in [0.2, 0.25) is 0 Å². The third-order valence-electron chi connectivity index (χ3n) is 10.6. The van der Waals surface area contributed by atoms with E-state index in [0.717, 1.165) is 52.3 Å². The van der Waals surface area contributed by atoms with Gasteiger partial charge in [-0.05, 0) is 70.0 Å². The molecule has 0 radical (unpaired) electrons. The van der Waals surface area contributed by atoms with Crippen LogP contribution >= 0.6 is 0 Å². The third kappa shape index (κ3) is 4.22. The average Bonchev–Trinajstić information content (AvgIpc) is 3.26. The standard InChI is InChI=1S/C46H32N2O/c1-3-13-30(14-4-1)31-23-25-32(26-24-31)45-47-41-20-11-8-16-36(41)44(48-45)33-27-28-35-34-15-7-9-17-37(34)46(40(35)29-33)38-18-5-2-6-21-42(38)49-43-22-12-10-19-39(43)46/h1-17,19-28,33H,18,29H2. The molecular formula is C46H32N2O. The van der Waals surface area contributed by atoms with Gasteiger partial charge in [0.1, 0.15) is 11.5 Å². The van der Waals surface area contributed by atoms with Crippen molar-refractivity contribution < 1.29 is 4.74 Å². The van der Waals surface area contributed by atoms with Gasteiger partial charge in [-0.2, -0.15) is 0 Å². The fourth-order valence-corrected chi connectivity index (χ4v) is 8.51. The van der Waals surface area contributed by atoms with Crippen LogP contribution in [-0.4, -0.2) is 9.97 Å². The summed E-state index contributed by atoms with van der Waals surface area (Å²) >= 11 is 0. The number of allylic oxidation sites excluding steroid dienone is 9. The summed E-state index contributed by atoms with van der Waals surface area (Å²) < 4.78 is 6.66. The number of hydrogen-bond acceptors (Lipinski definition) is 3. The van der Waals surface area contributed by atoms with E-state index in [1.165, 1.54) is 44.5 Å². The quantitative estimate of drug-likeness (QED) is 0.196. The minimum Gasteiger partial charge on any atom is -0.457 e. The van der Waals surface area contributed by atoms with Crippen molar-refractivity contribution in [1.29, 1.82) is 0 Å². The molecule has 6 aromatic rings. The first kappa shape index (κ1) is 28.0. The lowest BCUT2D eigenvalue weighted by atomic mass is 9.62. The summed E-state index contributed by atoms with van der Waals surface area (Å²) in [6, 6.07) is 45.2. The Morgan fingerprint density at radius 1 is 0.612 bits per heavy atom. The topological polar surface area (TPSA) is 35.0 Å². The highest BCUT2D eigenvalue weighted by molar-refractivity contribution is 5.93. The number of fused-ring (bicyclic) bond motifs is 8. The summed E-state index contributed by atoms with van der Waals surface area (Å²) in [7, 11) is 0. The maximum Gasteiger partial charge on any atom is 0.160 e. The molecule has 0 saturated carbocycles. The van der Waals surface area contributed by atoms with E-state index in [1.807, 2.05) is 0 Å². The molecule has 0 amide bonds. The van der Waals surface area contributed by atoms with Gasteiger partial charge < -0.3 is 4.74 Å². The van der Waals surface area contributed by atoms with Gasteiger partial charge in [-0.1, -0.05) is 146 Å². The fourth-order valence-electron chi connectivity index (χ4n) is 8.51. The first-order chi connectivity index (χ1) is 24.3. The van der Waals surface area contributed by atoms with Gasteiger partial charge in [0.05, 0.1) is 16.6 Å². The van der Waals surface area contributed by atoms with Crippen molar-refractivity contribution >= 4 is 16.5 Å². The van der Waals surface area contributed by atoms with Gasteiger partial charge in [-0.15, -0.1) is 0 Å². The predicted octanol–water partition coefficient (Wildman–Crippen LogP) is 10.9. The summed E-state index contributed by atoms with van der Waals surface area (Å²) in [6.07, 6.45) is 15.0. The summed E-state index contributed by atoms with van der Waals surface area (Å²) in [5.41, 5.74) is 12.9. The van der Waals surface area contributed by atoms with Crippen molar-refractivity contribution in [2.24, 2.45) is 0 Å². The minimum atomic E-state index is -0.433. The molecule has 3 aliphatic carbocycles. The van der Waals surface area contributed by atoms with E-state index in [4.69, 9.17) is 14.7 Å². The SMILES string of the molecule is C1=CCC2=C(C=C1)Oc1ccccc1C21C2=C(C=CC(c3nc(-c4ccc(-c5ccccc5)cc4)nc4ccccc34)C2)c2ccccc21. The molecule has 1 aromatic heterocycles. The number of hydrogen-bond donors (Lipinski definition) is 0. The Balaban J connectivity index is 1.14. The smallest absolute Gasteiger partial charge is 0.160 e. The van der Waals surface area contributed by atoms with E-state index < -0.39 is 5.41 Å². The number of ether oxygens (including phenoxy) is 1. The molecule has 232 valence electrons. The van der Waals surface area contributed by atoms with E-state index in [2.05, 4.69) is 164 Å². The second-order valence-electron chi connectivity index (χ2n) is 13.2. The summed E-state index contributed by atoms with van der Waals surface area (Å²) in [5, 5.41) is 1.10. The normalized spacial score (nSPS) is 20.1. The van der Waals surface area contributed by atoms with Crippen molar-refractivity contribution in [2.75, 3.05) is 0 Å². The summed E-state index contributed by atoms with van der Waals surface area (Å²) in [5.74, 6) is 2.70. The van der Waals surface area contributed by atoms with Crippen molar-refractivity contribution in [3.63, 3.8) is 0 Å². The Bertz CT molecular complexity index is 2460. The average molecular weight is 629 g/mol. The molecule has 5 aromatic carbocycles. The zero-order valence-corrected chi connectivity index (χ0v) is 26.9. The molecule has 1 spiro atoms. The molecule has 2 heterocycles. The maximum atomic E-state index is 6.66. The van der Waals surface area contributed by atoms with Crippen molar-refractivity contribution in [1.82, 2.24) is 9.97 Å². The van der Waals surface area contributed by atoms with E-state index >= 15 is 0 Å². The molecule has 0 N–H and O–H groups in total. The van der Waals surface area contributed by atoms with Crippen LogP contribution in [0.3, 0.4) is 0 Å². The van der Waals surface area contributed by atoms with Crippen LogP contribution in [0, 0.1) is 0 Å². The van der Waals surface area contributed by atoms with Crippen molar-refractivity contribution in [2.45, 2.75) is 24.2 Å². The Kier molecular flexibility index (Phi) is 6.29. The zero-order chi connectivity index (χ0) is 32.4.